The van der Waals surface area contributed by atoms with Gasteiger partial charge in [-0.3, -0.25) is 4.79 Å². The Kier molecular flexibility index (Phi) is 5.70. The number of carbonyl (C=O) groups is 1. The molecule has 0 spiro atoms. The number of fused-ring (bicyclic) bond motifs is 1. The third kappa shape index (κ3) is 4.12. The SMILES string of the molecule is COc1ccc2cc([C@H](C)C(=O)NCc3ccc(Cl)cc3Cl)ccc2c1. The van der Waals surface area contributed by atoms with E-state index < -0.39 is 0 Å². The van der Waals surface area contributed by atoms with E-state index in [0.29, 0.717) is 16.6 Å². The van der Waals surface area contributed by atoms with Gasteiger partial charge in [-0.25, -0.2) is 0 Å². The van der Waals surface area contributed by atoms with Crippen molar-refractivity contribution < 1.29 is 9.53 Å². The Labute approximate surface area is 162 Å². The summed E-state index contributed by atoms with van der Waals surface area (Å²) >= 11 is 12.1. The number of nitrogens with one attached hydrogen (secondary N) is 1. The van der Waals surface area contributed by atoms with Gasteiger partial charge in [-0.2, -0.15) is 0 Å². The van der Waals surface area contributed by atoms with Crippen LogP contribution in [0.5, 0.6) is 5.75 Å². The van der Waals surface area contributed by atoms with E-state index in [2.05, 4.69) is 5.32 Å². The van der Waals surface area contributed by atoms with Crippen LogP contribution >= 0.6 is 23.2 Å². The molecule has 26 heavy (non-hydrogen) atoms. The van der Waals surface area contributed by atoms with E-state index in [4.69, 9.17) is 27.9 Å². The van der Waals surface area contributed by atoms with Gasteiger partial charge < -0.3 is 10.1 Å². The predicted molar refractivity (Wildman–Crippen MR) is 107 cm³/mol. The highest BCUT2D eigenvalue weighted by Gasteiger charge is 2.16. The van der Waals surface area contributed by atoms with Crippen LogP contribution in [0.25, 0.3) is 10.8 Å². The van der Waals surface area contributed by atoms with Crippen LogP contribution in [0.15, 0.2) is 54.6 Å². The van der Waals surface area contributed by atoms with Gasteiger partial charge in [0.1, 0.15) is 5.75 Å². The number of hydrogen-bond donors (Lipinski definition) is 1. The van der Waals surface area contributed by atoms with Gasteiger partial charge in [0.05, 0.1) is 13.0 Å². The van der Waals surface area contributed by atoms with Crippen LogP contribution in [0.4, 0.5) is 0 Å². The molecule has 3 nitrogen and oxygen atoms in total. The minimum Gasteiger partial charge on any atom is -0.497 e. The monoisotopic (exact) mass is 387 g/mol. The molecular weight excluding hydrogens is 369 g/mol. The number of methoxy groups -OCH3 is 1. The summed E-state index contributed by atoms with van der Waals surface area (Å²) in [5, 5.41) is 6.21. The lowest BCUT2D eigenvalue weighted by atomic mass is 9.97. The van der Waals surface area contributed by atoms with Gasteiger partial charge in [0.25, 0.3) is 0 Å². The molecule has 134 valence electrons. The Morgan fingerprint density at radius 2 is 1.77 bits per heavy atom. The zero-order chi connectivity index (χ0) is 18.7. The van der Waals surface area contributed by atoms with E-state index in [-0.39, 0.29) is 11.8 Å². The number of halogens is 2. The van der Waals surface area contributed by atoms with Crippen LogP contribution in [0, 0.1) is 0 Å². The Bertz CT molecular complexity index is 956. The second-order valence-corrected chi connectivity index (χ2v) is 6.99. The number of amides is 1. The molecule has 1 N–H and O–H groups in total. The number of hydrogen-bond acceptors (Lipinski definition) is 2. The van der Waals surface area contributed by atoms with Gasteiger partial charge in [0.2, 0.25) is 5.91 Å². The van der Waals surface area contributed by atoms with Crippen molar-refractivity contribution >= 4 is 39.9 Å². The Hall–Kier alpha value is -2.23. The summed E-state index contributed by atoms with van der Waals surface area (Å²) in [5.74, 6) is 0.493. The maximum atomic E-state index is 12.5. The molecule has 0 aliphatic carbocycles. The molecule has 0 aliphatic rings. The zero-order valence-electron chi connectivity index (χ0n) is 14.6. The summed E-state index contributed by atoms with van der Waals surface area (Å²) in [6, 6.07) is 17.2. The Morgan fingerprint density at radius 3 is 2.50 bits per heavy atom. The highest BCUT2D eigenvalue weighted by atomic mass is 35.5. The number of ether oxygens (including phenoxy) is 1. The molecule has 1 amide bonds. The number of rotatable bonds is 5. The quantitative estimate of drug-likeness (QED) is 0.620. The van der Waals surface area contributed by atoms with Crippen LogP contribution in [-0.4, -0.2) is 13.0 Å². The smallest absolute Gasteiger partial charge is 0.227 e. The summed E-state index contributed by atoms with van der Waals surface area (Å²) in [7, 11) is 1.65. The zero-order valence-corrected chi connectivity index (χ0v) is 16.1. The lowest BCUT2D eigenvalue weighted by Crippen LogP contribution is -2.27. The molecule has 0 radical (unpaired) electrons. The number of benzene rings is 3. The van der Waals surface area contributed by atoms with Crippen molar-refractivity contribution in [3.05, 3.63) is 75.8 Å². The second-order valence-electron chi connectivity index (χ2n) is 6.15. The van der Waals surface area contributed by atoms with E-state index in [1.54, 1.807) is 19.2 Å². The van der Waals surface area contributed by atoms with Crippen molar-refractivity contribution in [2.75, 3.05) is 7.11 Å². The van der Waals surface area contributed by atoms with E-state index in [0.717, 1.165) is 27.6 Å². The largest absolute Gasteiger partial charge is 0.497 e. The molecule has 1 atom stereocenters. The van der Waals surface area contributed by atoms with Gasteiger partial charge in [-0.05, 0) is 53.1 Å². The summed E-state index contributed by atoms with van der Waals surface area (Å²) in [4.78, 5) is 12.5. The molecule has 5 heteroatoms. The number of carbonyl (C=O) groups excluding carboxylic acids is 1. The first-order valence-corrected chi connectivity index (χ1v) is 9.03. The minimum absolute atomic E-state index is 0.0520. The highest BCUT2D eigenvalue weighted by molar-refractivity contribution is 6.35. The third-order valence-electron chi connectivity index (χ3n) is 4.43. The summed E-state index contributed by atoms with van der Waals surface area (Å²) in [6.07, 6.45) is 0. The maximum absolute atomic E-state index is 12.5. The van der Waals surface area contributed by atoms with Gasteiger partial charge in [0, 0.05) is 16.6 Å². The van der Waals surface area contributed by atoms with E-state index in [1.807, 2.05) is 49.4 Å². The topological polar surface area (TPSA) is 38.3 Å². The van der Waals surface area contributed by atoms with Crippen molar-refractivity contribution in [1.29, 1.82) is 0 Å². The first-order valence-electron chi connectivity index (χ1n) is 8.27. The average molecular weight is 388 g/mol. The van der Waals surface area contributed by atoms with Crippen molar-refractivity contribution in [1.82, 2.24) is 5.32 Å². The molecule has 0 unspecified atom stereocenters. The normalized spacial score (nSPS) is 12.0. The predicted octanol–water partition coefficient (Wildman–Crippen LogP) is 5.58. The van der Waals surface area contributed by atoms with Gasteiger partial charge in [0.15, 0.2) is 0 Å². The van der Waals surface area contributed by atoms with Crippen LogP contribution in [0.3, 0.4) is 0 Å². The fourth-order valence-corrected chi connectivity index (χ4v) is 3.27. The highest BCUT2D eigenvalue weighted by Crippen LogP contribution is 2.26. The van der Waals surface area contributed by atoms with Crippen LogP contribution < -0.4 is 10.1 Å². The standard InChI is InChI=1S/C21H19Cl2NO2/c1-13(21(25)24-12-17-5-7-18(22)11-20(17)23)14-3-4-16-10-19(26-2)8-6-15(16)9-14/h3-11,13H,12H2,1-2H3,(H,24,25)/t13-/m0/s1. The van der Waals surface area contributed by atoms with Crippen molar-refractivity contribution in [3.8, 4) is 5.75 Å². The summed E-state index contributed by atoms with van der Waals surface area (Å²) in [5.41, 5.74) is 1.80. The minimum atomic E-state index is -0.271. The van der Waals surface area contributed by atoms with E-state index in [1.165, 1.54) is 0 Å². The first-order chi connectivity index (χ1) is 12.5. The van der Waals surface area contributed by atoms with Gasteiger partial charge in [-0.1, -0.05) is 53.5 Å². The molecule has 0 aliphatic heterocycles. The molecule has 0 bridgehead atoms. The van der Waals surface area contributed by atoms with E-state index >= 15 is 0 Å². The van der Waals surface area contributed by atoms with Crippen LogP contribution in [0.2, 0.25) is 10.0 Å². The second kappa shape index (κ2) is 7.98. The van der Waals surface area contributed by atoms with Crippen molar-refractivity contribution in [2.45, 2.75) is 19.4 Å². The molecule has 3 rings (SSSR count). The lowest BCUT2D eigenvalue weighted by Gasteiger charge is -2.14. The molecular formula is C21H19Cl2NO2. The molecule has 0 fully saturated rings. The van der Waals surface area contributed by atoms with Crippen LogP contribution in [0.1, 0.15) is 24.0 Å². The molecule has 3 aromatic rings. The first kappa shape index (κ1) is 18.6. The molecule has 0 aromatic heterocycles. The van der Waals surface area contributed by atoms with E-state index in [9.17, 15) is 4.79 Å². The Morgan fingerprint density at radius 1 is 1.04 bits per heavy atom. The average Bonchev–Trinajstić information content (AvgIpc) is 2.65. The maximum Gasteiger partial charge on any atom is 0.227 e. The summed E-state index contributed by atoms with van der Waals surface area (Å²) < 4.78 is 5.25. The molecule has 0 heterocycles. The lowest BCUT2D eigenvalue weighted by molar-refractivity contribution is -0.122. The molecule has 3 aromatic carbocycles. The van der Waals surface area contributed by atoms with Crippen molar-refractivity contribution in [3.63, 3.8) is 0 Å². The third-order valence-corrected chi connectivity index (χ3v) is 5.02. The van der Waals surface area contributed by atoms with Gasteiger partial charge in [-0.15, -0.1) is 0 Å². The van der Waals surface area contributed by atoms with Crippen LogP contribution in [-0.2, 0) is 11.3 Å². The summed E-state index contributed by atoms with van der Waals surface area (Å²) in [6.45, 7) is 2.26. The molecule has 0 saturated heterocycles. The van der Waals surface area contributed by atoms with Crippen molar-refractivity contribution in [2.24, 2.45) is 0 Å². The fourth-order valence-electron chi connectivity index (χ4n) is 2.79. The molecule has 0 saturated carbocycles. The fraction of sp³-hybridized carbons (Fsp3) is 0.190. The Balaban J connectivity index is 1.72. The van der Waals surface area contributed by atoms with Gasteiger partial charge >= 0.3 is 0 Å².